The van der Waals surface area contributed by atoms with Crippen LogP contribution in [-0.2, 0) is 7.05 Å². The van der Waals surface area contributed by atoms with Gasteiger partial charge in [-0.25, -0.2) is 4.98 Å². The van der Waals surface area contributed by atoms with Gasteiger partial charge in [0, 0.05) is 31.6 Å². The summed E-state index contributed by atoms with van der Waals surface area (Å²) in [6.07, 6.45) is 3.55. The van der Waals surface area contributed by atoms with E-state index in [1.165, 1.54) is 19.2 Å². The Morgan fingerprint density at radius 3 is 2.80 bits per heavy atom. The molecule has 0 saturated heterocycles. The van der Waals surface area contributed by atoms with Crippen LogP contribution in [0.5, 0.6) is 5.75 Å². The molecule has 0 aliphatic carbocycles. The molecule has 0 aliphatic rings. The second-order valence-electron chi connectivity index (χ2n) is 4.40. The van der Waals surface area contributed by atoms with Crippen LogP contribution in [0.1, 0.15) is 18.8 Å². The molecule has 0 radical (unpaired) electrons. The molecule has 106 valence electrons. The SMILES string of the molecule is COc1ccc([N+](=O)[O-])cc1NC(C)c1nccn1C. The van der Waals surface area contributed by atoms with Crippen LogP contribution in [-0.4, -0.2) is 21.6 Å². The zero-order chi connectivity index (χ0) is 14.7. The van der Waals surface area contributed by atoms with Crippen LogP contribution in [0, 0.1) is 10.1 Å². The molecule has 0 amide bonds. The van der Waals surface area contributed by atoms with Gasteiger partial charge in [0.2, 0.25) is 0 Å². The van der Waals surface area contributed by atoms with Crippen molar-refractivity contribution in [3.63, 3.8) is 0 Å². The van der Waals surface area contributed by atoms with E-state index in [2.05, 4.69) is 10.3 Å². The number of ether oxygens (including phenoxy) is 1. The van der Waals surface area contributed by atoms with Gasteiger partial charge in [-0.1, -0.05) is 0 Å². The quantitative estimate of drug-likeness (QED) is 0.670. The zero-order valence-electron chi connectivity index (χ0n) is 11.5. The fraction of sp³-hybridized carbons (Fsp3) is 0.308. The first-order valence-electron chi connectivity index (χ1n) is 6.09. The highest BCUT2D eigenvalue weighted by atomic mass is 16.6. The summed E-state index contributed by atoms with van der Waals surface area (Å²) in [5.41, 5.74) is 0.581. The Hall–Kier alpha value is -2.57. The number of methoxy groups -OCH3 is 1. The summed E-state index contributed by atoms with van der Waals surface area (Å²) in [4.78, 5) is 14.7. The number of rotatable bonds is 5. The Morgan fingerprint density at radius 2 is 2.25 bits per heavy atom. The third-order valence-electron chi connectivity index (χ3n) is 3.01. The summed E-state index contributed by atoms with van der Waals surface area (Å²) in [6, 6.07) is 4.34. The lowest BCUT2D eigenvalue weighted by molar-refractivity contribution is -0.384. The van der Waals surface area contributed by atoms with E-state index in [9.17, 15) is 10.1 Å². The maximum absolute atomic E-state index is 10.8. The van der Waals surface area contributed by atoms with Crippen LogP contribution in [0.15, 0.2) is 30.6 Å². The molecule has 0 aliphatic heterocycles. The topological polar surface area (TPSA) is 82.2 Å². The van der Waals surface area contributed by atoms with Gasteiger partial charge < -0.3 is 14.6 Å². The third kappa shape index (κ3) is 2.71. The maximum Gasteiger partial charge on any atom is 0.271 e. The molecule has 1 aromatic carbocycles. The fourth-order valence-corrected chi connectivity index (χ4v) is 2.01. The fourth-order valence-electron chi connectivity index (χ4n) is 2.01. The Morgan fingerprint density at radius 1 is 1.50 bits per heavy atom. The highest BCUT2D eigenvalue weighted by Crippen LogP contribution is 2.31. The molecule has 0 spiro atoms. The van der Waals surface area contributed by atoms with Crippen LogP contribution in [0.25, 0.3) is 0 Å². The van der Waals surface area contributed by atoms with E-state index in [-0.39, 0.29) is 11.7 Å². The second kappa shape index (κ2) is 5.60. The van der Waals surface area contributed by atoms with Crippen molar-refractivity contribution in [3.05, 3.63) is 46.5 Å². The Bertz CT molecular complexity index is 624. The van der Waals surface area contributed by atoms with Gasteiger partial charge in [0.15, 0.2) is 0 Å². The zero-order valence-corrected chi connectivity index (χ0v) is 11.5. The molecule has 2 rings (SSSR count). The molecule has 1 unspecified atom stereocenters. The van der Waals surface area contributed by atoms with Crippen LogP contribution >= 0.6 is 0 Å². The van der Waals surface area contributed by atoms with Crippen molar-refractivity contribution in [2.45, 2.75) is 13.0 Å². The summed E-state index contributed by atoms with van der Waals surface area (Å²) in [5.74, 6) is 1.38. The molecule has 1 heterocycles. The van der Waals surface area contributed by atoms with Gasteiger partial charge in [-0.15, -0.1) is 0 Å². The molecule has 1 aromatic heterocycles. The normalized spacial score (nSPS) is 11.9. The molecule has 1 atom stereocenters. The highest BCUT2D eigenvalue weighted by Gasteiger charge is 2.15. The number of aromatic nitrogens is 2. The van der Waals surface area contributed by atoms with Gasteiger partial charge in [0.25, 0.3) is 5.69 Å². The molecule has 20 heavy (non-hydrogen) atoms. The summed E-state index contributed by atoms with van der Waals surface area (Å²) >= 11 is 0. The first-order chi connectivity index (χ1) is 9.52. The average molecular weight is 276 g/mol. The number of hydrogen-bond donors (Lipinski definition) is 1. The van der Waals surface area contributed by atoms with Crippen molar-refractivity contribution >= 4 is 11.4 Å². The molecular weight excluding hydrogens is 260 g/mol. The molecule has 0 fully saturated rings. The minimum atomic E-state index is -0.434. The lowest BCUT2D eigenvalue weighted by Gasteiger charge is -2.17. The Labute approximate surface area is 116 Å². The number of anilines is 1. The average Bonchev–Trinajstić information content (AvgIpc) is 2.84. The number of nitrogens with zero attached hydrogens (tertiary/aromatic N) is 3. The van der Waals surface area contributed by atoms with Gasteiger partial charge in [0.05, 0.1) is 23.8 Å². The first kappa shape index (κ1) is 13.9. The monoisotopic (exact) mass is 276 g/mol. The number of nitro benzene ring substituents is 1. The summed E-state index contributed by atoms with van der Waals surface area (Å²) < 4.78 is 7.11. The van der Waals surface area contributed by atoms with Crippen molar-refractivity contribution in [1.82, 2.24) is 9.55 Å². The minimum Gasteiger partial charge on any atom is -0.495 e. The van der Waals surface area contributed by atoms with Gasteiger partial charge in [-0.05, 0) is 13.0 Å². The lowest BCUT2D eigenvalue weighted by Crippen LogP contribution is -2.12. The van der Waals surface area contributed by atoms with E-state index < -0.39 is 4.92 Å². The summed E-state index contributed by atoms with van der Waals surface area (Å²) in [7, 11) is 3.42. The van der Waals surface area contributed by atoms with E-state index in [1.807, 2.05) is 24.7 Å². The number of hydrogen-bond acceptors (Lipinski definition) is 5. The van der Waals surface area contributed by atoms with Crippen LogP contribution in [0.2, 0.25) is 0 Å². The Balaban J connectivity index is 2.29. The van der Waals surface area contributed by atoms with Crippen LogP contribution in [0.3, 0.4) is 0 Å². The second-order valence-corrected chi connectivity index (χ2v) is 4.40. The summed E-state index contributed by atoms with van der Waals surface area (Å²) in [6.45, 7) is 1.93. The number of benzene rings is 1. The lowest BCUT2D eigenvalue weighted by atomic mass is 10.2. The number of aryl methyl sites for hydroxylation is 1. The number of nitro groups is 1. The van der Waals surface area contributed by atoms with Crippen molar-refractivity contribution < 1.29 is 9.66 Å². The van der Waals surface area contributed by atoms with Crippen LogP contribution in [0.4, 0.5) is 11.4 Å². The molecular formula is C13H16N4O3. The molecule has 2 aromatic rings. The number of imidazole rings is 1. The molecule has 7 nitrogen and oxygen atoms in total. The Kier molecular flexibility index (Phi) is 3.88. The first-order valence-corrected chi connectivity index (χ1v) is 6.09. The predicted molar refractivity (Wildman–Crippen MR) is 74.9 cm³/mol. The predicted octanol–water partition coefficient (Wildman–Crippen LogP) is 2.51. The van der Waals surface area contributed by atoms with E-state index in [4.69, 9.17) is 4.74 Å². The van der Waals surface area contributed by atoms with Crippen molar-refractivity contribution in [2.75, 3.05) is 12.4 Å². The highest BCUT2D eigenvalue weighted by molar-refractivity contribution is 5.62. The van der Waals surface area contributed by atoms with Gasteiger partial charge in [-0.2, -0.15) is 0 Å². The van der Waals surface area contributed by atoms with E-state index in [0.29, 0.717) is 11.4 Å². The smallest absolute Gasteiger partial charge is 0.271 e. The third-order valence-corrected chi connectivity index (χ3v) is 3.01. The van der Waals surface area contributed by atoms with Crippen molar-refractivity contribution in [2.24, 2.45) is 7.05 Å². The number of non-ortho nitro benzene ring substituents is 1. The maximum atomic E-state index is 10.8. The molecule has 7 heteroatoms. The van der Waals surface area contributed by atoms with Crippen LogP contribution < -0.4 is 10.1 Å². The molecule has 1 N–H and O–H groups in total. The largest absolute Gasteiger partial charge is 0.495 e. The molecule has 0 bridgehead atoms. The van der Waals surface area contributed by atoms with Gasteiger partial charge >= 0.3 is 0 Å². The number of nitrogens with one attached hydrogen (secondary N) is 1. The molecule has 0 saturated carbocycles. The van der Waals surface area contributed by atoms with E-state index in [1.54, 1.807) is 12.3 Å². The van der Waals surface area contributed by atoms with E-state index in [0.717, 1.165) is 5.82 Å². The minimum absolute atomic E-state index is 0.0142. The van der Waals surface area contributed by atoms with E-state index >= 15 is 0 Å². The standard InChI is InChI=1S/C13H16N4O3/c1-9(13-14-6-7-16(13)2)15-11-8-10(17(18)19)4-5-12(11)20-3/h4-9,15H,1-3H3. The van der Waals surface area contributed by atoms with Crippen molar-refractivity contribution in [1.29, 1.82) is 0 Å². The van der Waals surface area contributed by atoms with Gasteiger partial charge in [-0.3, -0.25) is 10.1 Å². The van der Waals surface area contributed by atoms with Crippen molar-refractivity contribution in [3.8, 4) is 5.75 Å². The van der Waals surface area contributed by atoms with Gasteiger partial charge in [0.1, 0.15) is 11.6 Å². The summed E-state index contributed by atoms with van der Waals surface area (Å²) in [5, 5.41) is 14.0.